The second kappa shape index (κ2) is 7.04. The van der Waals surface area contributed by atoms with Crippen molar-refractivity contribution >= 4 is 11.9 Å². The molecule has 0 radical (unpaired) electrons. The standard InChI is InChI=1S/C11H19NO3/c1-4-6-9(3)11(15)12(7-5-2)8-10(13)14/h6H,4-5,7-8H2,1-3H3,(H,13,14)/b9-6+. The molecule has 86 valence electrons. The first-order valence-electron chi connectivity index (χ1n) is 5.20. The van der Waals surface area contributed by atoms with E-state index >= 15 is 0 Å². The van der Waals surface area contributed by atoms with Crippen LogP contribution in [-0.4, -0.2) is 35.0 Å². The number of carboxylic acid groups (broad SMARTS) is 1. The van der Waals surface area contributed by atoms with E-state index in [0.717, 1.165) is 12.8 Å². The fourth-order valence-electron chi connectivity index (χ4n) is 1.33. The van der Waals surface area contributed by atoms with Crippen LogP contribution in [-0.2, 0) is 9.59 Å². The quantitative estimate of drug-likeness (QED) is 0.683. The van der Waals surface area contributed by atoms with Gasteiger partial charge in [-0.3, -0.25) is 9.59 Å². The summed E-state index contributed by atoms with van der Waals surface area (Å²) in [6.45, 7) is 5.84. The Kier molecular flexibility index (Phi) is 6.42. The topological polar surface area (TPSA) is 57.6 Å². The fourth-order valence-corrected chi connectivity index (χ4v) is 1.33. The molecule has 0 fully saturated rings. The number of carboxylic acids is 1. The Hall–Kier alpha value is -1.32. The summed E-state index contributed by atoms with van der Waals surface area (Å²) < 4.78 is 0. The minimum absolute atomic E-state index is 0.180. The largest absolute Gasteiger partial charge is 0.480 e. The van der Waals surface area contributed by atoms with Gasteiger partial charge in [0.1, 0.15) is 6.54 Å². The van der Waals surface area contributed by atoms with Crippen molar-refractivity contribution < 1.29 is 14.7 Å². The van der Waals surface area contributed by atoms with Gasteiger partial charge in [-0.1, -0.05) is 19.9 Å². The number of aliphatic carboxylic acids is 1. The summed E-state index contributed by atoms with van der Waals surface area (Å²) >= 11 is 0. The molecule has 1 amide bonds. The number of rotatable bonds is 6. The monoisotopic (exact) mass is 213 g/mol. The fraction of sp³-hybridized carbons (Fsp3) is 0.636. The molecule has 0 aliphatic rings. The molecular formula is C11H19NO3. The first-order valence-corrected chi connectivity index (χ1v) is 5.20. The first kappa shape index (κ1) is 13.7. The first-order chi connectivity index (χ1) is 7.02. The van der Waals surface area contributed by atoms with E-state index in [1.54, 1.807) is 6.92 Å². The lowest BCUT2D eigenvalue weighted by Crippen LogP contribution is -2.36. The summed E-state index contributed by atoms with van der Waals surface area (Å²) in [4.78, 5) is 23.7. The predicted molar refractivity (Wildman–Crippen MR) is 58.6 cm³/mol. The normalized spacial score (nSPS) is 11.3. The van der Waals surface area contributed by atoms with Crippen LogP contribution >= 0.6 is 0 Å². The molecule has 0 atom stereocenters. The SMILES string of the molecule is CC/C=C(\C)C(=O)N(CCC)CC(=O)O. The Labute approximate surface area is 90.6 Å². The predicted octanol–water partition coefficient (Wildman–Crippen LogP) is 1.67. The van der Waals surface area contributed by atoms with Crippen LogP contribution < -0.4 is 0 Å². The highest BCUT2D eigenvalue weighted by Gasteiger charge is 2.16. The number of amides is 1. The average molecular weight is 213 g/mol. The molecule has 1 N–H and O–H groups in total. The summed E-state index contributed by atoms with van der Waals surface area (Å²) in [5.41, 5.74) is 0.618. The van der Waals surface area contributed by atoms with Gasteiger partial charge in [-0.05, 0) is 19.8 Å². The summed E-state index contributed by atoms with van der Waals surface area (Å²) in [5.74, 6) is -1.15. The van der Waals surface area contributed by atoms with Crippen LogP contribution in [0.2, 0.25) is 0 Å². The van der Waals surface area contributed by atoms with Crippen molar-refractivity contribution in [3.63, 3.8) is 0 Å². The van der Waals surface area contributed by atoms with Gasteiger partial charge in [-0.15, -0.1) is 0 Å². The number of allylic oxidation sites excluding steroid dienone is 1. The Morgan fingerprint density at radius 1 is 1.33 bits per heavy atom. The third kappa shape index (κ3) is 5.20. The van der Waals surface area contributed by atoms with Gasteiger partial charge in [-0.2, -0.15) is 0 Å². The summed E-state index contributed by atoms with van der Waals surface area (Å²) in [5, 5.41) is 8.66. The van der Waals surface area contributed by atoms with E-state index in [1.807, 2.05) is 19.9 Å². The zero-order chi connectivity index (χ0) is 11.8. The second-order valence-corrected chi connectivity index (χ2v) is 3.42. The number of nitrogens with zero attached hydrogens (tertiary/aromatic N) is 1. The van der Waals surface area contributed by atoms with Crippen LogP contribution in [0.1, 0.15) is 33.6 Å². The maximum Gasteiger partial charge on any atom is 0.323 e. The van der Waals surface area contributed by atoms with Gasteiger partial charge in [0.2, 0.25) is 5.91 Å². The molecule has 0 aromatic carbocycles. The highest BCUT2D eigenvalue weighted by molar-refractivity contribution is 5.94. The van der Waals surface area contributed by atoms with Crippen molar-refractivity contribution in [1.29, 1.82) is 0 Å². The molecule has 0 heterocycles. The van der Waals surface area contributed by atoms with Crippen LogP contribution in [0.25, 0.3) is 0 Å². The van der Waals surface area contributed by atoms with Gasteiger partial charge in [0.25, 0.3) is 0 Å². The van der Waals surface area contributed by atoms with Gasteiger partial charge in [0.15, 0.2) is 0 Å². The van der Waals surface area contributed by atoms with Crippen LogP contribution in [0.3, 0.4) is 0 Å². The minimum Gasteiger partial charge on any atom is -0.480 e. The van der Waals surface area contributed by atoms with E-state index in [1.165, 1.54) is 4.90 Å². The van der Waals surface area contributed by atoms with Crippen LogP contribution in [0.15, 0.2) is 11.6 Å². The summed E-state index contributed by atoms with van der Waals surface area (Å²) in [6, 6.07) is 0. The molecule has 0 rings (SSSR count). The third-order valence-electron chi connectivity index (χ3n) is 1.95. The van der Waals surface area contributed by atoms with Gasteiger partial charge in [0, 0.05) is 12.1 Å². The van der Waals surface area contributed by atoms with E-state index in [2.05, 4.69) is 0 Å². The minimum atomic E-state index is -0.971. The van der Waals surface area contributed by atoms with Crippen LogP contribution in [0, 0.1) is 0 Å². The molecular weight excluding hydrogens is 194 g/mol. The summed E-state index contributed by atoms with van der Waals surface area (Å²) in [6.07, 6.45) is 3.36. The molecule has 0 unspecified atom stereocenters. The third-order valence-corrected chi connectivity index (χ3v) is 1.95. The van der Waals surface area contributed by atoms with Crippen molar-refractivity contribution in [2.75, 3.05) is 13.1 Å². The van der Waals surface area contributed by atoms with Crippen molar-refractivity contribution in [2.24, 2.45) is 0 Å². The Morgan fingerprint density at radius 3 is 2.33 bits per heavy atom. The Bertz CT molecular complexity index is 259. The molecule has 0 aliphatic heterocycles. The molecule has 0 aromatic rings. The maximum atomic E-state index is 11.8. The molecule has 15 heavy (non-hydrogen) atoms. The lowest BCUT2D eigenvalue weighted by Gasteiger charge is -2.20. The van der Waals surface area contributed by atoms with E-state index in [-0.39, 0.29) is 12.5 Å². The number of carbonyl (C=O) groups is 2. The van der Waals surface area contributed by atoms with E-state index < -0.39 is 5.97 Å². The Balaban J connectivity index is 4.54. The molecule has 0 saturated heterocycles. The molecule has 0 aliphatic carbocycles. The smallest absolute Gasteiger partial charge is 0.323 e. The zero-order valence-electron chi connectivity index (χ0n) is 9.62. The molecule has 0 spiro atoms. The molecule has 0 saturated carbocycles. The number of hydrogen-bond donors (Lipinski definition) is 1. The van der Waals surface area contributed by atoms with Crippen molar-refractivity contribution in [2.45, 2.75) is 33.6 Å². The van der Waals surface area contributed by atoms with E-state index in [9.17, 15) is 9.59 Å². The van der Waals surface area contributed by atoms with Crippen molar-refractivity contribution in [3.05, 3.63) is 11.6 Å². The lowest BCUT2D eigenvalue weighted by molar-refractivity contribution is -0.143. The van der Waals surface area contributed by atoms with E-state index in [4.69, 9.17) is 5.11 Å². The average Bonchev–Trinajstić information content (AvgIpc) is 2.16. The second-order valence-electron chi connectivity index (χ2n) is 3.42. The van der Waals surface area contributed by atoms with E-state index in [0.29, 0.717) is 12.1 Å². The van der Waals surface area contributed by atoms with Gasteiger partial charge in [-0.25, -0.2) is 0 Å². The van der Waals surface area contributed by atoms with Crippen molar-refractivity contribution in [1.82, 2.24) is 4.90 Å². The van der Waals surface area contributed by atoms with Gasteiger partial charge in [0.05, 0.1) is 0 Å². The molecule has 0 aromatic heterocycles. The highest BCUT2D eigenvalue weighted by Crippen LogP contribution is 2.03. The lowest BCUT2D eigenvalue weighted by atomic mass is 10.2. The van der Waals surface area contributed by atoms with Gasteiger partial charge >= 0.3 is 5.97 Å². The van der Waals surface area contributed by atoms with Crippen LogP contribution in [0.4, 0.5) is 0 Å². The summed E-state index contributed by atoms with van der Waals surface area (Å²) in [7, 11) is 0. The zero-order valence-corrected chi connectivity index (χ0v) is 9.62. The molecule has 4 heteroatoms. The molecule has 0 bridgehead atoms. The molecule has 4 nitrogen and oxygen atoms in total. The number of hydrogen-bond acceptors (Lipinski definition) is 2. The van der Waals surface area contributed by atoms with Crippen molar-refractivity contribution in [3.8, 4) is 0 Å². The van der Waals surface area contributed by atoms with Gasteiger partial charge < -0.3 is 10.0 Å². The maximum absolute atomic E-state index is 11.8. The Morgan fingerprint density at radius 2 is 1.93 bits per heavy atom. The highest BCUT2D eigenvalue weighted by atomic mass is 16.4. The number of carbonyl (C=O) groups excluding carboxylic acids is 1. The van der Waals surface area contributed by atoms with Crippen LogP contribution in [0.5, 0.6) is 0 Å².